The highest BCUT2D eigenvalue weighted by molar-refractivity contribution is 6.00. The van der Waals surface area contributed by atoms with Gasteiger partial charge in [0.25, 0.3) is 11.5 Å². The Morgan fingerprint density at radius 3 is 2.67 bits per heavy atom. The first-order valence-corrected chi connectivity index (χ1v) is 8.02. The molecular weight excluding hydrogens is 308 g/mol. The second-order valence-electron chi connectivity index (χ2n) is 6.59. The van der Waals surface area contributed by atoms with Gasteiger partial charge in [-0.25, -0.2) is 0 Å². The molecule has 2 atom stereocenters. The summed E-state index contributed by atoms with van der Waals surface area (Å²) in [6.07, 6.45) is 0.548. The van der Waals surface area contributed by atoms with E-state index in [2.05, 4.69) is 4.98 Å². The molecule has 1 saturated heterocycles. The maximum absolute atomic E-state index is 12.9. The van der Waals surface area contributed by atoms with Crippen LogP contribution in [0.3, 0.4) is 0 Å². The predicted molar refractivity (Wildman–Crippen MR) is 90.1 cm³/mol. The van der Waals surface area contributed by atoms with Crippen LogP contribution >= 0.6 is 0 Å². The summed E-state index contributed by atoms with van der Waals surface area (Å²) in [5, 5.41) is 10.1. The molecule has 1 aliphatic rings. The molecule has 2 unspecified atom stereocenters. The number of nitrogens with zero attached hydrogens (tertiary/aromatic N) is 1. The number of likely N-dealkylation sites (tertiary alicyclic amines) is 1. The zero-order valence-electron chi connectivity index (χ0n) is 13.7. The average Bonchev–Trinajstić information content (AvgIpc) is 2.54. The lowest BCUT2D eigenvalue weighted by Crippen LogP contribution is -2.47. The van der Waals surface area contributed by atoms with Gasteiger partial charge in [-0.2, -0.15) is 0 Å². The summed E-state index contributed by atoms with van der Waals surface area (Å²) in [6, 6.07) is 7.33. The standard InChI is InChI=1S/C18H20N2O4/c1-10-7-12(18(23)24)9-20(8-10)17(22)15-11(2)13-5-3-4-6-14(13)19-16(15)21/h3-6,10,12H,7-9H2,1-2H3,(H,19,21)(H,23,24). The molecule has 0 saturated carbocycles. The normalized spacial score (nSPS) is 21.0. The predicted octanol–water partition coefficient (Wildman–Crippen LogP) is 2.02. The van der Waals surface area contributed by atoms with Crippen LogP contribution in [-0.2, 0) is 4.79 Å². The van der Waals surface area contributed by atoms with E-state index in [0.717, 1.165) is 5.39 Å². The number of aromatic amines is 1. The number of carboxylic acids is 1. The first-order valence-electron chi connectivity index (χ1n) is 8.02. The van der Waals surface area contributed by atoms with E-state index in [-0.39, 0.29) is 18.0 Å². The minimum Gasteiger partial charge on any atom is -0.481 e. The Labute approximate surface area is 139 Å². The average molecular weight is 328 g/mol. The van der Waals surface area contributed by atoms with Gasteiger partial charge in [0, 0.05) is 24.0 Å². The molecule has 24 heavy (non-hydrogen) atoms. The van der Waals surface area contributed by atoms with Crippen LogP contribution in [0.25, 0.3) is 10.9 Å². The number of fused-ring (bicyclic) bond motifs is 1. The third-order valence-corrected chi connectivity index (χ3v) is 4.69. The van der Waals surface area contributed by atoms with Crippen LogP contribution in [-0.4, -0.2) is 40.0 Å². The number of piperidine rings is 1. The SMILES string of the molecule is Cc1c(C(=O)N2CC(C)CC(C(=O)O)C2)c(=O)[nH]c2ccccc12. The number of pyridine rings is 1. The number of benzene rings is 1. The van der Waals surface area contributed by atoms with Crippen LogP contribution in [0.4, 0.5) is 0 Å². The van der Waals surface area contributed by atoms with Gasteiger partial charge >= 0.3 is 5.97 Å². The molecule has 1 aromatic heterocycles. The number of aryl methyl sites for hydroxylation is 1. The fourth-order valence-corrected chi connectivity index (χ4v) is 3.52. The lowest BCUT2D eigenvalue weighted by molar-refractivity contribution is -0.143. The summed E-state index contributed by atoms with van der Waals surface area (Å²) in [5.74, 6) is -1.79. The summed E-state index contributed by atoms with van der Waals surface area (Å²) >= 11 is 0. The van der Waals surface area contributed by atoms with Crippen molar-refractivity contribution in [2.45, 2.75) is 20.3 Å². The van der Waals surface area contributed by atoms with Crippen molar-refractivity contribution in [1.29, 1.82) is 0 Å². The first kappa shape index (κ1) is 16.2. The molecular formula is C18H20N2O4. The molecule has 3 rings (SSSR count). The molecule has 2 heterocycles. The highest BCUT2D eigenvalue weighted by Gasteiger charge is 2.33. The number of aromatic nitrogens is 1. The van der Waals surface area contributed by atoms with Gasteiger partial charge in [0.05, 0.1) is 5.92 Å². The molecule has 1 aliphatic heterocycles. The molecule has 1 aromatic carbocycles. The second-order valence-corrected chi connectivity index (χ2v) is 6.59. The van der Waals surface area contributed by atoms with Crippen LogP contribution in [0.2, 0.25) is 0 Å². The Balaban J connectivity index is 2.02. The summed E-state index contributed by atoms with van der Waals surface area (Å²) < 4.78 is 0. The van der Waals surface area contributed by atoms with Gasteiger partial charge in [0.1, 0.15) is 5.56 Å². The molecule has 0 spiro atoms. The van der Waals surface area contributed by atoms with E-state index in [4.69, 9.17) is 0 Å². The number of hydrogen-bond acceptors (Lipinski definition) is 3. The number of para-hydroxylation sites is 1. The van der Waals surface area contributed by atoms with Gasteiger partial charge in [-0.1, -0.05) is 25.1 Å². The largest absolute Gasteiger partial charge is 0.481 e. The summed E-state index contributed by atoms with van der Waals surface area (Å²) in [7, 11) is 0. The summed E-state index contributed by atoms with van der Waals surface area (Å²) in [5.41, 5.74) is 0.990. The topological polar surface area (TPSA) is 90.5 Å². The first-order chi connectivity index (χ1) is 11.4. The highest BCUT2D eigenvalue weighted by atomic mass is 16.4. The number of H-pyrrole nitrogens is 1. The number of carbonyl (C=O) groups excluding carboxylic acids is 1. The van der Waals surface area contributed by atoms with Gasteiger partial charge in [0.2, 0.25) is 0 Å². The summed E-state index contributed by atoms with van der Waals surface area (Å²) in [6.45, 7) is 4.29. The molecule has 0 aliphatic carbocycles. The molecule has 6 nitrogen and oxygen atoms in total. The smallest absolute Gasteiger partial charge is 0.308 e. The Bertz CT molecular complexity index is 871. The number of aliphatic carboxylic acids is 1. The number of carboxylic acid groups (broad SMARTS) is 1. The molecule has 2 N–H and O–H groups in total. The van der Waals surface area contributed by atoms with Gasteiger partial charge in [-0.15, -0.1) is 0 Å². The van der Waals surface area contributed by atoms with E-state index in [9.17, 15) is 19.5 Å². The van der Waals surface area contributed by atoms with Crippen LogP contribution in [0.1, 0.15) is 29.3 Å². The van der Waals surface area contributed by atoms with Gasteiger partial charge < -0.3 is 15.0 Å². The van der Waals surface area contributed by atoms with Crippen molar-refractivity contribution in [3.8, 4) is 0 Å². The van der Waals surface area contributed by atoms with Gasteiger partial charge in [-0.3, -0.25) is 14.4 Å². The van der Waals surface area contributed by atoms with E-state index in [1.807, 2.05) is 25.1 Å². The second kappa shape index (κ2) is 6.11. The van der Waals surface area contributed by atoms with Gasteiger partial charge in [0.15, 0.2) is 0 Å². The lowest BCUT2D eigenvalue weighted by Gasteiger charge is -2.34. The van der Waals surface area contributed by atoms with Crippen LogP contribution in [0.5, 0.6) is 0 Å². The maximum Gasteiger partial charge on any atom is 0.308 e. The van der Waals surface area contributed by atoms with Crippen molar-refractivity contribution in [2.75, 3.05) is 13.1 Å². The minimum atomic E-state index is -0.900. The third kappa shape index (κ3) is 2.79. The van der Waals surface area contributed by atoms with Crippen LogP contribution in [0, 0.1) is 18.8 Å². The molecule has 126 valence electrons. The van der Waals surface area contributed by atoms with Crippen molar-refractivity contribution in [3.05, 3.63) is 45.7 Å². The van der Waals surface area contributed by atoms with Crippen molar-refractivity contribution in [1.82, 2.24) is 9.88 Å². The minimum absolute atomic E-state index is 0.0867. The van der Waals surface area contributed by atoms with Crippen molar-refractivity contribution < 1.29 is 14.7 Å². The van der Waals surface area contributed by atoms with Crippen molar-refractivity contribution in [2.24, 2.45) is 11.8 Å². The fraction of sp³-hybridized carbons (Fsp3) is 0.389. The molecule has 1 amide bonds. The number of carbonyl (C=O) groups is 2. The monoisotopic (exact) mass is 328 g/mol. The van der Waals surface area contributed by atoms with Gasteiger partial charge in [-0.05, 0) is 30.9 Å². The maximum atomic E-state index is 12.9. The van der Waals surface area contributed by atoms with Crippen LogP contribution in [0.15, 0.2) is 29.1 Å². The van der Waals surface area contributed by atoms with E-state index >= 15 is 0 Å². The van der Waals surface area contributed by atoms with Crippen molar-refractivity contribution in [3.63, 3.8) is 0 Å². The third-order valence-electron chi connectivity index (χ3n) is 4.69. The van der Waals surface area contributed by atoms with E-state index in [1.54, 1.807) is 13.0 Å². The summed E-state index contributed by atoms with van der Waals surface area (Å²) in [4.78, 5) is 40.9. The molecule has 0 bridgehead atoms. The molecule has 1 fully saturated rings. The van der Waals surface area contributed by atoms with E-state index in [0.29, 0.717) is 24.0 Å². The highest BCUT2D eigenvalue weighted by Crippen LogP contribution is 2.24. The number of hydrogen-bond donors (Lipinski definition) is 2. The fourth-order valence-electron chi connectivity index (χ4n) is 3.52. The Morgan fingerprint density at radius 2 is 1.96 bits per heavy atom. The zero-order chi connectivity index (χ0) is 17.4. The quantitative estimate of drug-likeness (QED) is 0.882. The number of amides is 1. The van der Waals surface area contributed by atoms with Crippen molar-refractivity contribution >= 4 is 22.8 Å². The Kier molecular flexibility index (Phi) is 4.13. The number of rotatable bonds is 2. The van der Waals surface area contributed by atoms with E-state index < -0.39 is 23.4 Å². The lowest BCUT2D eigenvalue weighted by atomic mass is 9.90. The Morgan fingerprint density at radius 1 is 1.25 bits per heavy atom. The Hall–Kier alpha value is -2.63. The van der Waals surface area contributed by atoms with E-state index in [1.165, 1.54) is 4.90 Å². The number of nitrogens with one attached hydrogen (secondary N) is 1. The molecule has 0 radical (unpaired) electrons. The zero-order valence-corrected chi connectivity index (χ0v) is 13.7. The molecule has 2 aromatic rings. The molecule has 6 heteroatoms. The van der Waals surface area contributed by atoms with Crippen LogP contribution < -0.4 is 5.56 Å².